The van der Waals surface area contributed by atoms with E-state index in [-0.39, 0.29) is 18.0 Å². The summed E-state index contributed by atoms with van der Waals surface area (Å²) in [5.41, 5.74) is 6.74. The molecular weight excluding hydrogens is 258 g/mol. The number of nitrogens with zero attached hydrogens (tertiary/aromatic N) is 1. The second-order valence-corrected chi connectivity index (χ2v) is 5.55. The average Bonchev–Trinajstić information content (AvgIpc) is 2.77. The van der Waals surface area contributed by atoms with Crippen LogP contribution in [0.15, 0.2) is 18.2 Å². The summed E-state index contributed by atoms with van der Waals surface area (Å²) in [7, 11) is 0. The number of anilines is 1. The number of rotatable bonds is 4. The van der Waals surface area contributed by atoms with Gasteiger partial charge >= 0.3 is 0 Å². The number of carbonyl (C=O) groups excluding carboxylic acids is 1. The Morgan fingerprint density at radius 2 is 2.10 bits per heavy atom. The Balaban J connectivity index is 2.04. The van der Waals surface area contributed by atoms with Gasteiger partial charge in [-0.05, 0) is 25.8 Å². The van der Waals surface area contributed by atoms with E-state index in [4.69, 9.17) is 5.73 Å². The van der Waals surface area contributed by atoms with Crippen LogP contribution in [0.5, 0.6) is 0 Å². The maximum absolute atomic E-state index is 12.0. The Labute approximate surface area is 117 Å². The molecule has 6 nitrogen and oxygen atoms in total. The summed E-state index contributed by atoms with van der Waals surface area (Å²) in [5, 5.41) is 13.6. The third-order valence-electron chi connectivity index (χ3n) is 3.80. The summed E-state index contributed by atoms with van der Waals surface area (Å²) >= 11 is 0. The van der Waals surface area contributed by atoms with Gasteiger partial charge in [-0.15, -0.1) is 0 Å². The monoisotopic (exact) mass is 277 g/mol. The highest BCUT2D eigenvalue weighted by Crippen LogP contribution is 2.30. The molecule has 0 atom stereocenters. The van der Waals surface area contributed by atoms with Crippen LogP contribution >= 0.6 is 0 Å². The van der Waals surface area contributed by atoms with Gasteiger partial charge in [0, 0.05) is 29.3 Å². The molecule has 0 saturated heterocycles. The summed E-state index contributed by atoms with van der Waals surface area (Å²) in [4.78, 5) is 22.4. The lowest BCUT2D eigenvalue weighted by Crippen LogP contribution is -2.40. The number of nitro groups is 1. The normalized spacial score (nSPS) is 16.9. The van der Waals surface area contributed by atoms with E-state index in [1.54, 1.807) is 19.1 Å². The highest BCUT2D eigenvalue weighted by Gasteiger charge is 2.31. The molecule has 108 valence electrons. The van der Waals surface area contributed by atoms with Crippen molar-refractivity contribution in [1.82, 2.24) is 0 Å². The molecule has 0 aliphatic heterocycles. The molecule has 0 spiro atoms. The molecule has 0 aromatic heterocycles. The molecule has 1 aromatic rings. The van der Waals surface area contributed by atoms with Gasteiger partial charge < -0.3 is 11.1 Å². The topological polar surface area (TPSA) is 98.3 Å². The molecule has 1 amide bonds. The van der Waals surface area contributed by atoms with Crippen LogP contribution in [0.25, 0.3) is 0 Å². The first-order valence-corrected chi connectivity index (χ1v) is 6.73. The van der Waals surface area contributed by atoms with Gasteiger partial charge in [-0.1, -0.05) is 18.9 Å². The van der Waals surface area contributed by atoms with Gasteiger partial charge in [0.1, 0.15) is 0 Å². The number of benzene rings is 1. The van der Waals surface area contributed by atoms with E-state index >= 15 is 0 Å². The Kier molecular flexibility index (Phi) is 4.04. The molecule has 0 heterocycles. The first-order valence-electron chi connectivity index (χ1n) is 6.73. The number of hydrogen-bond donors (Lipinski definition) is 2. The summed E-state index contributed by atoms with van der Waals surface area (Å²) in [6.07, 6.45) is 4.08. The first kappa shape index (κ1) is 14.5. The Morgan fingerprint density at radius 1 is 1.45 bits per heavy atom. The van der Waals surface area contributed by atoms with E-state index < -0.39 is 10.5 Å². The van der Waals surface area contributed by atoms with Crippen LogP contribution in [0.4, 0.5) is 11.4 Å². The van der Waals surface area contributed by atoms with Crippen LogP contribution in [0.3, 0.4) is 0 Å². The largest absolute Gasteiger partial charge is 0.326 e. The molecule has 0 bridgehead atoms. The zero-order valence-electron chi connectivity index (χ0n) is 11.5. The van der Waals surface area contributed by atoms with Crippen LogP contribution in [0, 0.1) is 17.0 Å². The predicted octanol–water partition coefficient (Wildman–Crippen LogP) is 2.50. The molecule has 1 aromatic carbocycles. The molecule has 6 heteroatoms. The lowest BCUT2D eigenvalue weighted by atomic mass is 9.94. The molecular formula is C14H19N3O3. The fourth-order valence-corrected chi connectivity index (χ4v) is 2.66. The highest BCUT2D eigenvalue weighted by atomic mass is 16.6. The van der Waals surface area contributed by atoms with Crippen LogP contribution in [0.2, 0.25) is 0 Å². The van der Waals surface area contributed by atoms with Crippen molar-refractivity contribution in [1.29, 1.82) is 0 Å². The second kappa shape index (κ2) is 5.58. The Morgan fingerprint density at radius 3 is 2.70 bits per heavy atom. The number of carbonyl (C=O) groups is 1. The quantitative estimate of drug-likeness (QED) is 0.652. The molecule has 1 saturated carbocycles. The van der Waals surface area contributed by atoms with Gasteiger partial charge in [-0.2, -0.15) is 0 Å². The number of amides is 1. The van der Waals surface area contributed by atoms with E-state index in [1.165, 1.54) is 6.07 Å². The number of nitro benzene ring substituents is 1. The van der Waals surface area contributed by atoms with Crippen LogP contribution in [-0.4, -0.2) is 16.4 Å². The van der Waals surface area contributed by atoms with Crippen molar-refractivity contribution in [2.75, 3.05) is 5.32 Å². The predicted molar refractivity (Wildman–Crippen MR) is 76.5 cm³/mol. The van der Waals surface area contributed by atoms with Crippen molar-refractivity contribution in [3.05, 3.63) is 33.9 Å². The fraction of sp³-hybridized carbons (Fsp3) is 0.500. The molecule has 2 rings (SSSR count). The minimum atomic E-state index is -0.452. The molecule has 3 N–H and O–H groups in total. The molecule has 1 fully saturated rings. The lowest BCUT2D eigenvalue weighted by Gasteiger charge is -2.22. The molecule has 1 aliphatic carbocycles. The maximum Gasteiger partial charge on any atom is 0.274 e. The fourth-order valence-electron chi connectivity index (χ4n) is 2.66. The molecule has 1 aliphatic rings. The second-order valence-electron chi connectivity index (χ2n) is 5.55. The smallest absolute Gasteiger partial charge is 0.274 e. The number of nitrogens with two attached hydrogens (primary N) is 1. The van der Waals surface area contributed by atoms with E-state index in [1.807, 2.05) is 0 Å². The van der Waals surface area contributed by atoms with Crippen LogP contribution in [0.1, 0.15) is 37.7 Å². The standard InChI is InChI=1S/C14H19N3O3/c1-10-4-5-11(8-12(10)17(19)20)16-13(18)9-14(15)6-2-3-7-14/h4-5,8H,2-3,6-7,9,15H2,1H3,(H,16,18). The van der Waals surface area contributed by atoms with Gasteiger partial charge in [0.2, 0.25) is 5.91 Å². The van der Waals surface area contributed by atoms with Crippen molar-refractivity contribution >= 4 is 17.3 Å². The van der Waals surface area contributed by atoms with Gasteiger partial charge in [0.25, 0.3) is 5.69 Å². The van der Waals surface area contributed by atoms with Crippen molar-refractivity contribution in [2.24, 2.45) is 5.73 Å². The van der Waals surface area contributed by atoms with E-state index in [9.17, 15) is 14.9 Å². The van der Waals surface area contributed by atoms with Crippen LogP contribution in [-0.2, 0) is 4.79 Å². The molecule has 0 unspecified atom stereocenters. The van der Waals surface area contributed by atoms with E-state index in [0.29, 0.717) is 11.3 Å². The maximum atomic E-state index is 12.0. The zero-order valence-corrected chi connectivity index (χ0v) is 11.5. The Bertz CT molecular complexity index is 536. The molecule has 20 heavy (non-hydrogen) atoms. The van der Waals surface area contributed by atoms with Crippen molar-refractivity contribution in [3.63, 3.8) is 0 Å². The summed E-state index contributed by atoms with van der Waals surface area (Å²) in [6, 6.07) is 4.67. The number of aryl methyl sites for hydroxylation is 1. The van der Waals surface area contributed by atoms with Crippen molar-refractivity contribution in [2.45, 2.75) is 44.6 Å². The summed E-state index contributed by atoms with van der Waals surface area (Å²) in [6.45, 7) is 1.66. The van der Waals surface area contributed by atoms with Gasteiger partial charge in [-0.3, -0.25) is 14.9 Å². The number of hydrogen-bond acceptors (Lipinski definition) is 4. The summed E-state index contributed by atoms with van der Waals surface area (Å²) < 4.78 is 0. The Hall–Kier alpha value is -1.95. The minimum absolute atomic E-state index is 0.00567. The molecule has 0 radical (unpaired) electrons. The summed E-state index contributed by atoms with van der Waals surface area (Å²) in [5.74, 6) is -0.187. The van der Waals surface area contributed by atoms with Gasteiger partial charge in [0.15, 0.2) is 0 Å². The lowest BCUT2D eigenvalue weighted by molar-refractivity contribution is -0.385. The third kappa shape index (κ3) is 3.33. The third-order valence-corrected chi connectivity index (χ3v) is 3.80. The van der Waals surface area contributed by atoms with E-state index in [0.717, 1.165) is 25.7 Å². The van der Waals surface area contributed by atoms with E-state index in [2.05, 4.69) is 5.32 Å². The SMILES string of the molecule is Cc1ccc(NC(=O)CC2(N)CCCC2)cc1[N+](=O)[O-]. The van der Waals surface area contributed by atoms with Crippen LogP contribution < -0.4 is 11.1 Å². The van der Waals surface area contributed by atoms with Gasteiger partial charge in [0.05, 0.1) is 4.92 Å². The minimum Gasteiger partial charge on any atom is -0.326 e. The van der Waals surface area contributed by atoms with Gasteiger partial charge in [-0.25, -0.2) is 0 Å². The average molecular weight is 277 g/mol. The first-order chi connectivity index (χ1) is 9.39. The number of nitrogens with one attached hydrogen (secondary N) is 1. The van der Waals surface area contributed by atoms with Crippen molar-refractivity contribution in [3.8, 4) is 0 Å². The highest BCUT2D eigenvalue weighted by molar-refractivity contribution is 5.91. The van der Waals surface area contributed by atoms with Crippen molar-refractivity contribution < 1.29 is 9.72 Å². The zero-order chi connectivity index (χ0) is 14.8.